The largest absolute Gasteiger partial charge is 0.489 e. The zero-order chi connectivity index (χ0) is 24.5. The van der Waals surface area contributed by atoms with Gasteiger partial charge in [-0.2, -0.15) is 0 Å². The van der Waals surface area contributed by atoms with Gasteiger partial charge in [0.15, 0.2) is 0 Å². The highest BCUT2D eigenvalue weighted by molar-refractivity contribution is 7.22. The summed E-state index contributed by atoms with van der Waals surface area (Å²) in [5.41, 5.74) is 3.74. The van der Waals surface area contributed by atoms with E-state index in [1.165, 1.54) is 0 Å². The molecule has 0 saturated carbocycles. The standard InChI is InChI=1S/C28H21Cl2NO3S/c1-16(2)28-21(27(31-34-28)26-22(29)7-4-8-23(26)30)15-33-20-10-9-19-12-24(35-25(19)13-20)18-6-3-5-17(11-18)14-32/h3-14,16H,15H2,1-2H3. The van der Waals surface area contributed by atoms with E-state index >= 15 is 0 Å². The topological polar surface area (TPSA) is 52.3 Å². The molecule has 7 heteroatoms. The molecule has 4 nitrogen and oxygen atoms in total. The molecular formula is C28H21Cl2NO3S. The second-order valence-corrected chi connectivity index (χ2v) is 10.4. The van der Waals surface area contributed by atoms with Crippen molar-refractivity contribution in [2.75, 3.05) is 0 Å². The number of hydrogen-bond acceptors (Lipinski definition) is 5. The molecule has 0 aliphatic carbocycles. The predicted molar refractivity (Wildman–Crippen MR) is 143 cm³/mol. The molecule has 0 aliphatic heterocycles. The van der Waals surface area contributed by atoms with E-state index in [0.717, 1.165) is 43.9 Å². The van der Waals surface area contributed by atoms with Gasteiger partial charge in [0.25, 0.3) is 0 Å². The third-order valence-electron chi connectivity index (χ3n) is 5.72. The maximum Gasteiger partial charge on any atom is 0.150 e. The van der Waals surface area contributed by atoms with Crippen LogP contribution in [0.1, 0.15) is 41.4 Å². The molecule has 3 aromatic carbocycles. The third-order valence-corrected chi connectivity index (χ3v) is 7.50. The normalized spacial score (nSPS) is 11.3. The summed E-state index contributed by atoms with van der Waals surface area (Å²) in [7, 11) is 0. The van der Waals surface area contributed by atoms with Crippen LogP contribution >= 0.6 is 34.5 Å². The number of fused-ring (bicyclic) bond motifs is 1. The number of benzene rings is 3. The van der Waals surface area contributed by atoms with Gasteiger partial charge in [0.05, 0.1) is 15.6 Å². The van der Waals surface area contributed by atoms with Crippen LogP contribution in [0.4, 0.5) is 0 Å². The number of thiophene rings is 1. The summed E-state index contributed by atoms with van der Waals surface area (Å²) in [6, 6.07) is 21.1. The molecule has 35 heavy (non-hydrogen) atoms. The number of carbonyl (C=O) groups excluding carboxylic acids is 1. The Morgan fingerprint density at radius 1 is 1.03 bits per heavy atom. The fourth-order valence-corrected chi connectivity index (χ4v) is 5.66. The Labute approximate surface area is 217 Å². The minimum Gasteiger partial charge on any atom is -0.489 e. The van der Waals surface area contributed by atoms with Gasteiger partial charge in [-0.3, -0.25) is 4.79 Å². The Hall–Kier alpha value is -3.12. The molecule has 0 amide bonds. The summed E-state index contributed by atoms with van der Waals surface area (Å²) in [5, 5.41) is 6.43. The lowest BCUT2D eigenvalue weighted by Gasteiger charge is -2.11. The van der Waals surface area contributed by atoms with Crippen molar-refractivity contribution in [3.8, 4) is 27.4 Å². The molecule has 5 rings (SSSR count). The number of halogens is 2. The molecule has 0 saturated heterocycles. The van der Waals surface area contributed by atoms with Crippen LogP contribution in [0.15, 0.2) is 71.3 Å². The average molecular weight is 522 g/mol. The van der Waals surface area contributed by atoms with Crippen LogP contribution in [0.2, 0.25) is 10.0 Å². The number of hydrogen-bond donors (Lipinski definition) is 0. The lowest BCUT2D eigenvalue weighted by Crippen LogP contribution is -2.01. The molecule has 176 valence electrons. The first-order chi connectivity index (χ1) is 16.9. The van der Waals surface area contributed by atoms with E-state index in [0.29, 0.717) is 26.9 Å². The van der Waals surface area contributed by atoms with E-state index in [2.05, 4.69) is 11.2 Å². The van der Waals surface area contributed by atoms with Gasteiger partial charge < -0.3 is 9.26 Å². The van der Waals surface area contributed by atoms with Gasteiger partial charge in [0, 0.05) is 26.6 Å². The first kappa shape index (κ1) is 23.6. The summed E-state index contributed by atoms with van der Waals surface area (Å²) in [6.45, 7) is 4.35. The highest BCUT2D eigenvalue weighted by atomic mass is 35.5. The van der Waals surface area contributed by atoms with E-state index in [1.807, 2.05) is 50.2 Å². The van der Waals surface area contributed by atoms with Crippen molar-refractivity contribution in [1.82, 2.24) is 5.16 Å². The smallest absolute Gasteiger partial charge is 0.150 e. The summed E-state index contributed by atoms with van der Waals surface area (Å²) in [6.07, 6.45) is 0.864. The SMILES string of the molecule is CC(C)c1onc(-c2c(Cl)cccc2Cl)c1COc1ccc2cc(-c3cccc(C=O)c3)sc2c1. The molecule has 5 aromatic rings. The lowest BCUT2D eigenvalue weighted by atomic mass is 10.0. The molecule has 0 unspecified atom stereocenters. The number of nitrogens with zero attached hydrogens (tertiary/aromatic N) is 1. The third kappa shape index (κ3) is 4.72. The van der Waals surface area contributed by atoms with Crippen LogP contribution in [-0.4, -0.2) is 11.4 Å². The maximum absolute atomic E-state index is 11.2. The highest BCUT2D eigenvalue weighted by Gasteiger charge is 2.24. The van der Waals surface area contributed by atoms with Crippen molar-refractivity contribution in [3.05, 3.63) is 93.7 Å². The zero-order valence-corrected chi connectivity index (χ0v) is 21.4. The molecule has 0 aliphatic rings. The van der Waals surface area contributed by atoms with Gasteiger partial charge >= 0.3 is 0 Å². The second-order valence-electron chi connectivity index (χ2n) is 8.47. The number of aldehydes is 1. The van der Waals surface area contributed by atoms with Gasteiger partial charge in [-0.25, -0.2) is 0 Å². The lowest BCUT2D eigenvalue weighted by molar-refractivity contribution is 0.112. The van der Waals surface area contributed by atoms with E-state index in [9.17, 15) is 4.79 Å². The van der Waals surface area contributed by atoms with Crippen LogP contribution in [0, 0.1) is 0 Å². The Morgan fingerprint density at radius 3 is 2.54 bits per heavy atom. The number of carbonyl (C=O) groups is 1. The fourth-order valence-electron chi connectivity index (χ4n) is 4.00. The summed E-state index contributed by atoms with van der Waals surface area (Å²) >= 11 is 14.6. The van der Waals surface area contributed by atoms with Crippen molar-refractivity contribution < 1.29 is 14.1 Å². The van der Waals surface area contributed by atoms with Crippen molar-refractivity contribution in [2.45, 2.75) is 26.4 Å². The Balaban J connectivity index is 1.45. The summed E-state index contributed by atoms with van der Waals surface area (Å²) in [5.74, 6) is 1.59. The average Bonchev–Trinajstić information content (AvgIpc) is 3.47. The summed E-state index contributed by atoms with van der Waals surface area (Å²) < 4.78 is 13.0. The van der Waals surface area contributed by atoms with Gasteiger partial charge in [0.1, 0.15) is 30.1 Å². The first-order valence-corrected chi connectivity index (χ1v) is 12.7. The van der Waals surface area contributed by atoms with Crippen molar-refractivity contribution in [1.29, 1.82) is 0 Å². The van der Waals surface area contributed by atoms with Crippen LogP contribution < -0.4 is 4.74 Å². The van der Waals surface area contributed by atoms with Crippen molar-refractivity contribution >= 4 is 50.9 Å². The van der Waals surface area contributed by atoms with Gasteiger partial charge in [-0.05, 0) is 53.4 Å². The van der Waals surface area contributed by atoms with Gasteiger partial charge in [-0.1, -0.05) is 66.5 Å². The first-order valence-electron chi connectivity index (χ1n) is 11.1. The molecule has 0 spiro atoms. The van der Waals surface area contributed by atoms with Crippen molar-refractivity contribution in [2.24, 2.45) is 0 Å². The van der Waals surface area contributed by atoms with Crippen molar-refractivity contribution in [3.63, 3.8) is 0 Å². The van der Waals surface area contributed by atoms with Crippen LogP contribution in [0.3, 0.4) is 0 Å². The zero-order valence-electron chi connectivity index (χ0n) is 19.0. The molecule has 0 radical (unpaired) electrons. The number of rotatable bonds is 7. The highest BCUT2D eigenvalue weighted by Crippen LogP contribution is 2.40. The molecule has 0 fully saturated rings. The minimum atomic E-state index is 0.112. The predicted octanol–water partition coefficient (Wildman–Crippen LogP) is 9.04. The minimum absolute atomic E-state index is 0.112. The maximum atomic E-state index is 11.2. The second kappa shape index (κ2) is 9.86. The molecule has 0 atom stereocenters. The molecule has 2 heterocycles. The Morgan fingerprint density at radius 2 is 1.80 bits per heavy atom. The Bertz CT molecular complexity index is 1520. The molecule has 0 N–H and O–H groups in total. The molecule has 0 bridgehead atoms. The quantitative estimate of drug-likeness (QED) is 0.200. The van der Waals surface area contributed by atoms with E-state index < -0.39 is 0 Å². The molecular weight excluding hydrogens is 501 g/mol. The van der Waals surface area contributed by atoms with Crippen LogP contribution in [-0.2, 0) is 6.61 Å². The Kier molecular flexibility index (Phi) is 6.65. The summed E-state index contributed by atoms with van der Waals surface area (Å²) in [4.78, 5) is 12.3. The number of ether oxygens (including phenoxy) is 1. The molecule has 2 aromatic heterocycles. The van der Waals surface area contributed by atoms with Crippen LogP contribution in [0.25, 0.3) is 31.8 Å². The van der Waals surface area contributed by atoms with E-state index in [1.54, 1.807) is 35.6 Å². The fraction of sp³-hybridized carbons (Fsp3) is 0.143. The van der Waals surface area contributed by atoms with E-state index in [4.69, 9.17) is 32.5 Å². The van der Waals surface area contributed by atoms with Crippen LogP contribution in [0.5, 0.6) is 5.75 Å². The van der Waals surface area contributed by atoms with E-state index in [-0.39, 0.29) is 12.5 Å². The monoisotopic (exact) mass is 521 g/mol. The van der Waals surface area contributed by atoms with Gasteiger partial charge in [-0.15, -0.1) is 11.3 Å². The number of aromatic nitrogens is 1. The van der Waals surface area contributed by atoms with Gasteiger partial charge in [0.2, 0.25) is 0 Å².